The van der Waals surface area contributed by atoms with Gasteiger partial charge in [0, 0.05) is 31.7 Å². The Kier molecular flexibility index (Phi) is 6.05. The molecule has 0 bridgehead atoms. The van der Waals surface area contributed by atoms with Gasteiger partial charge in [-0.05, 0) is 47.4 Å². The number of pyridine rings is 1. The van der Waals surface area contributed by atoms with Crippen molar-refractivity contribution in [2.75, 3.05) is 19.3 Å². The van der Waals surface area contributed by atoms with Crippen LogP contribution < -0.4 is 0 Å². The van der Waals surface area contributed by atoms with Gasteiger partial charge >= 0.3 is 0 Å². The average Bonchev–Trinajstić information content (AvgIpc) is 3.14. The van der Waals surface area contributed by atoms with Gasteiger partial charge in [0.2, 0.25) is 15.9 Å². The fourth-order valence-electron chi connectivity index (χ4n) is 3.19. The second-order valence-electron chi connectivity index (χ2n) is 6.58. The SMILES string of the molecule is CS(=O)(=O)N1CCC(C(=O)N(Cc2ccsc2)Cc2ccccn2)CC1. The third-order valence-electron chi connectivity index (χ3n) is 4.62. The van der Waals surface area contributed by atoms with Crippen molar-refractivity contribution < 1.29 is 13.2 Å². The van der Waals surface area contributed by atoms with E-state index in [2.05, 4.69) is 4.98 Å². The van der Waals surface area contributed by atoms with Crippen LogP contribution in [0.15, 0.2) is 41.2 Å². The molecule has 2 aromatic heterocycles. The third-order valence-corrected chi connectivity index (χ3v) is 6.65. The molecule has 1 saturated heterocycles. The maximum atomic E-state index is 13.1. The summed E-state index contributed by atoms with van der Waals surface area (Å²) >= 11 is 1.61. The van der Waals surface area contributed by atoms with E-state index in [0.717, 1.165) is 11.3 Å². The molecule has 1 aliphatic rings. The molecule has 8 heteroatoms. The Morgan fingerprint density at radius 1 is 1.27 bits per heavy atom. The molecule has 140 valence electrons. The van der Waals surface area contributed by atoms with E-state index in [1.807, 2.05) is 39.9 Å². The highest BCUT2D eigenvalue weighted by atomic mass is 32.2. The Hall–Kier alpha value is -1.77. The standard InChI is InChI=1S/C18H23N3O3S2/c1-26(23,24)21-9-5-16(6-10-21)18(22)20(12-15-7-11-25-14-15)13-17-4-2-3-8-19-17/h2-4,7-8,11,14,16H,5-6,9-10,12-13H2,1H3. The second-order valence-corrected chi connectivity index (χ2v) is 9.35. The molecule has 26 heavy (non-hydrogen) atoms. The Labute approximate surface area is 158 Å². The second kappa shape index (κ2) is 8.28. The largest absolute Gasteiger partial charge is 0.332 e. The smallest absolute Gasteiger partial charge is 0.226 e. The minimum absolute atomic E-state index is 0.0787. The molecule has 0 N–H and O–H groups in total. The molecule has 6 nitrogen and oxygen atoms in total. The fraction of sp³-hybridized carbons (Fsp3) is 0.444. The third kappa shape index (κ3) is 4.90. The molecule has 0 aliphatic carbocycles. The molecule has 1 aliphatic heterocycles. The number of nitrogens with zero attached hydrogens (tertiary/aromatic N) is 3. The molecule has 1 fully saturated rings. The van der Waals surface area contributed by atoms with Crippen LogP contribution in [-0.2, 0) is 27.9 Å². The Bertz CT molecular complexity index is 815. The van der Waals surface area contributed by atoms with Crippen molar-refractivity contribution in [3.05, 3.63) is 52.5 Å². The first-order valence-corrected chi connectivity index (χ1v) is 11.4. The molecule has 0 atom stereocenters. The number of aromatic nitrogens is 1. The van der Waals surface area contributed by atoms with Gasteiger partial charge in [-0.15, -0.1) is 0 Å². The molecule has 0 aromatic carbocycles. The van der Waals surface area contributed by atoms with Gasteiger partial charge in [0.1, 0.15) is 0 Å². The summed E-state index contributed by atoms with van der Waals surface area (Å²) in [4.78, 5) is 19.3. The van der Waals surface area contributed by atoms with Crippen LogP contribution in [0.5, 0.6) is 0 Å². The average molecular weight is 394 g/mol. The zero-order valence-corrected chi connectivity index (χ0v) is 16.4. The number of piperidine rings is 1. The predicted molar refractivity (Wildman–Crippen MR) is 102 cm³/mol. The predicted octanol–water partition coefficient (Wildman–Crippen LogP) is 2.34. The number of amides is 1. The lowest BCUT2D eigenvalue weighted by Crippen LogP contribution is -2.43. The van der Waals surface area contributed by atoms with Crippen LogP contribution >= 0.6 is 11.3 Å². The van der Waals surface area contributed by atoms with Crippen LogP contribution in [0.3, 0.4) is 0 Å². The van der Waals surface area contributed by atoms with Crippen LogP contribution in [0.1, 0.15) is 24.1 Å². The summed E-state index contributed by atoms with van der Waals surface area (Å²) < 4.78 is 24.8. The van der Waals surface area contributed by atoms with Crippen molar-refractivity contribution in [3.63, 3.8) is 0 Å². The summed E-state index contributed by atoms with van der Waals surface area (Å²) in [6.07, 6.45) is 4.08. The van der Waals surface area contributed by atoms with Gasteiger partial charge in [-0.3, -0.25) is 9.78 Å². The molecular formula is C18H23N3O3S2. The monoisotopic (exact) mass is 393 g/mol. The molecule has 0 radical (unpaired) electrons. The topological polar surface area (TPSA) is 70.6 Å². The van der Waals surface area contributed by atoms with E-state index in [9.17, 15) is 13.2 Å². The van der Waals surface area contributed by atoms with Gasteiger partial charge in [-0.2, -0.15) is 11.3 Å². The summed E-state index contributed by atoms with van der Waals surface area (Å²) in [6.45, 7) is 1.82. The summed E-state index contributed by atoms with van der Waals surface area (Å²) in [7, 11) is -3.19. The molecule has 0 unspecified atom stereocenters. The Morgan fingerprint density at radius 3 is 2.62 bits per heavy atom. The summed E-state index contributed by atoms with van der Waals surface area (Å²) in [5, 5.41) is 4.05. The zero-order valence-electron chi connectivity index (χ0n) is 14.7. The van der Waals surface area contributed by atoms with E-state index in [0.29, 0.717) is 39.0 Å². The number of rotatable bonds is 6. The molecule has 0 saturated carbocycles. The van der Waals surface area contributed by atoms with Crippen molar-refractivity contribution in [1.82, 2.24) is 14.2 Å². The van der Waals surface area contributed by atoms with Crippen LogP contribution in [0.2, 0.25) is 0 Å². The minimum Gasteiger partial charge on any atom is -0.332 e. The van der Waals surface area contributed by atoms with E-state index < -0.39 is 10.0 Å². The van der Waals surface area contributed by atoms with E-state index in [-0.39, 0.29) is 11.8 Å². The normalized spacial score (nSPS) is 16.5. The lowest BCUT2D eigenvalue weighted by molar-refractivity contribution is -0.138. The van der Waals surface area contributed by atoms with Crippen molar-refractivity contribution in [3.8, 4) is 0 Å². The molecular weight excluding hydrogens is 370 g/mol. The molecule has 1 amide bonds. The number of carbonyl (C=O) groups is 1. The van der Waals surface area contributed by atoms with Gasteiger partial charge < -0.3 is 4.90 Å². The van der Waals surface area contributed by atoms with E-state index in [4.69, 9.17) is 0 Å². The lowest BCUT2D eigenvalue weighted by Gasteiger charge is -2.33. The molecule has 3 rings (SSSR count). The quantitative estimate of drug-likeness (QED) is 0.755. The Morgan fingerprint density at radius 2 is 2.04 bits per heavy atom. The van der Waals surface area contributed by atoms with Crippen LogP contribution in [0, 0.1) is 5.92 Å². The van der Waals surface area contributed by atoms with Gasteiger partial charge in [-0.25, -0.2) is 12.7 Å². The van der Waals surface area contributed by atoms with Crippen molar-refractivity contribution >= 4 is 27.3 Å². The van der Waals surface area contributed by atoms with E-state index >= 15 is 0 Å². The highest BCUT2D eigenvalue weighted by Gasteiger charge is 2.31. The first-order valence-electron chi connectivity index (χ1n) is 8.58. The highest BCUT2D eigenvalue weighted by molar-refractivity contribution is 7.88. The first kappa shape index (κ1) is 19.0. The molecule has 2 aromatic rings. The fourth-order valence-corrected chi connectivity index (χ4v) is 4.73. The molecule has 0 spiro atoms. The van der Waals surface area contributed by atoms with Crippen molar-refractivity contribution in [2.45, 2.75) is 25.9 Å². The summed E-state index contributed by atoms with van der Waals surface area (Å²) in [5.74, 6) is -0.0645. The van der Waals surface area contributed by atoms with Crippen LogP contribution in [0.25, 0.3) is 0 Å². The maximum Gasteiger partial charge on any atom is 0.226 e. The van der Waals surface area contributed by atoms with Gasteiger partial charge in [0.25, 0.3) is 0 Å². The minimum atomic E-state index is -3.19. The molecule has 3 heterocycles. The van der Waals surface area contributed by atoms with Gasteiger partial charge in [0.05, 0.1) is 18.5 Å². The van der Waals surface area contributed by atoms with Crippen LogP contribution in [-0.4, -0.2) is 47.9 Å². The number of thiophene rings is 1. The van der Waals surface area contributed by atoms with E-state index in [1.54, 1.807) is 17.5 Å². The number of carbonyl (C=O) groups excluding carboxylic acids is 1. The summed E-state index contributed by atoms with van der Waals surface area (Å²) in [6, 6.07) is 7.71. The Balaban J connectivity index is 1.70. The zero-order chi connectivity index (χ0) is 18.6. The van der Waals surface area contributed by atoms with Crippen LogP contribution in [0.4, 0.5) is 0 Å². The maximum absolute atomic E-state index is 13.1. The van der Waals surface area contributed by atoms with Gasteiger partial charge in [-0.1, -0.05) is 6.07 Å². The number of hydrogen-bond donors (Lipinski definition) is 0. The number of sulfonamides is 1. The number of hydrogen-bond acceptors (Lipinski definition) is 5. The highest BCUT2D eigenvalue weighted by Crippen LogP contribution is 2.23. The van der Waals surface area contributed by atoms with Gasteiger partial charge in [0.15, 0.2) is 0 Å². The van der Waals surface area contributed by atoms with Crippen molar-refractivity contribution in [1.29, 1.82) is 0 Å². The van der Waals surface area contributed by atoms with Crippen molar-refractivity contribution in [2.24, 2.45) is 5.92 Å². The summed E-state index contributed by atoms with van der Waals surface area (Å²) in [5.41, 5.74) is 1.96. The first-order chi connectivity index (χ1) is 12.4. The van der Waals surface area contributed by atoms with E-state index in [1.165, 1.54) is 10.6 Å². The lowest BCUT2D eigenvalue weighted by atomic mass is 9.96.